The Labute approximate surface area is 113 Å². The second kappa shape index (κ2) is 6.82. The SMILES string of the molecule is C=C(CC)C(=O)O[C@H]1[C@@H](CCC(C)=O)[C@H](O)C[C@@H]1O. The van der Waals surface area contributed by atoms with Crippen LogP contribution < -0.4 is 0 Å². The summed E-state index contributed by atoms with van der Waals surface area (Å²) in [5.74, 6) is -0.933. The summed E-state index contributed by atoms with van der Waals surface area (Å²) in [6, 6.07) is 0. The number of carbonyl (C=O) groups is 2. The van der Waals surface area contributed by atoms with Gasteiger partial charge in [0, 0.05) is 24.3 Å². The molecule has 0 heterocycles. The summed E-state index contributed by atoms with van der Waals surface area (Å²) in [4.78, 5) is 22.7. The van der Waals surface area contributed by atoms with Gasteiger partial charge in [-0.3, -0.25) is 0 Å². The van der Waals surface area contributed by atoms with Gasteiger partial charge in [0.25, 0.3) is 0 Å². The van der Waals surface area contributed by atoms with Gasteiger partial charge in [0.2, 0.25) is 0 Å². The molecule has 1 fully saturated rings. The van der Waals surface area contributed by atoms with E-state index < -0.39 is 30.2 Å². The quantitative estimate of drug-likeness (QED) is 0.555. The Hall–Kier alpha value is -1.20. The van der Waals surface area contributed by atoms with E-state index in [9.17, 15) is 19.8 Å². The van der Waals surface area contributed by atoms with Gasteiger partial charge in [-0.25, -0.2) is 4.79 Å². The lowest BCUT2D eigenvalue weighted by atomic mass is 9.96. The molecule has 0 aromatic carbocycles. The minimum Gasteiger partial charge on any atom is -0.456 e. The highest BCUT2D eigenvalue weighted by Crippen LogP contribution is 2.33. The van der Waals surface area contributed by atoms with Crippen LogP contribution in [0.3, 0.4) is 0 Å². The third-order valence-corrected chi connectivity index (χ3v) is 3.57. The number of rotatable bonds is 6. The van der Waals surface area contributed by atoms with Crippen molar-refractivity contribution in [1.29, 1.82) is 0 Å². The molecule has 19 heavy (non-hydrogen) atoms. The zero-order valence-electron chi connectivity index (χ0n) is 11.5. The van der Waals surface area contributed by atoms with E-state index in [4.69, 9.17) is 4.74 Å². The van der Waals surface area contributed by atoms with E-state index in [-0.39, 0.29) is 12.2 Å². The third kappa shape index (κ3) is 4.14. The smallest absolute Gasteiger partial charge is 0.333 e. The van der Waals surface area contributed by atoms with E-state index in [0.717, 1.165) is 0 Å². The third-order valence-electron chi connectivity index (χ3n) is 3.57. The molecule has 0 amide bonds. The number of carbonyl (C=O) groups excluding carboxylic acids is 2. The van der Waals surface area contributed by atoms with Gasteiger partial charge in [0.05, 0.1) is 12.2 Å². The van der Waals surface area contributed by atoms with E-state index in [1.165, 1.54) is 6.92 Å². The maximum Gasteiger partial charge on any atom is 0.333 e. The molecular weight excluding hydrogens is 248 g/mol. The first-order valence-corrected chi connectivity index (χ1v) is 6.61. The molecule has 1 aliphatic rings. The van der Waals surface area contributed by atoms with Gasteiger partial charge in [-0.05, 0) is 19.8 Å². The highest BCUT2D eigenvalue weighted by atomic mass is 16.6. The minimum absolute atomic E-state index is 0.0108. The molecule has 0 aliphatic heterocycles. The Balaban J connectivity index is 2.68. The van der Waals surface area contributed by atoms with Gasteiger partial charge in [0.1, 0.15) is 11.9 Å². The summed E-state index contributed by atoms with van der Waals surface area (Å²) in [5.41, 5.74) is 0.332. The van der Waals surface area contributed by atoms with E-state index in [1.54, 1.807) is 6.92 Å². The number of ketones is 1. The van der Waals surface area contributed by atoms with Crippen LogP contribution in [0.1, 0.15) is 39.5 Å². The first kappa shape index (κ1) is 15.9. The van der Waals surface area contributed by atoms with Gasteiger partial charge in [-0.15, -0.1) is 0 Å². The Bertz CT molecular complexity index is 363. The minimum atomic E-state index is -0.888. The van der Waals surface area contributed by atoms with Gasteiger partial charge in [-0.2, -0.15) is 0 Å². The summed E-state index contributed by atoms with van der Waals surface area (Å²) >= 11 is 0. The number of hydrogen-bond acceptors (Lipinski definition) is 5. The van der Waals surface area contributed by atoms with Crippen LogP contribution in [0.15, 0.2) is 12.2 Å². The molecule has 0 bridgehead atoms. The molecule has 1 saturated carbocycles. The molecule has 0 saturated heterocycles. The Morgan fingerprint density at radius 2 is 1.95 bits per heavy atom. The fourth-order valence-corrected chi connectivity index (χ4v) is 2.30. The van der Waals surface area contributed by atoms with Crippen molar-refractivity contribution < 1.29 is 24.5 Å². The van der Waals surface area contributed by atoms with Crippen molar-refractivity contribution in [2.45, 2.75) is 57.8 Å². The van der Waals surface area contributed by atoms with Crippen molar-refractivity contribution in [3.05, 3.63) is 12.2 Å². The lowest BCUT2D eigenvalue weighted by molar-refractivity contribution is -0.152. The summed E-state index contributed by atoms with van der Waals surface area (Å²) < 4.78 is 5.23. The van der Waals surface area contributed by atoms with Crippen LogP contribution in [0.4, 0.5) is 0 Å². The first-order valence-electron chi connectivity index (χ1n) is 6.61. The van der Waals surface area contributed by atoms with Crippen LogP contribution in [0.5, 0.6) is 0 Å². The zero-order chi connectivity index (χ0) is 14.6. The molecule has 1 aliphatic carbocycles. The van der Waals surface area contributed by atoms with E-state index in [0.29, 0.717) is 24.8 Å². The lowest BCUT2D eigenvalue weighted by Gasteiger charge is -2.23. The summed E-state index contributed by atoms with van der Waals surface area (Å²) in [7, 11) is 0. The number of aliphatic hydroxyl groups is 2. The van der Waals surface area contributed by atoms with Crippen LogP contribution >= 0.6 is 0 Å². The van der Waals surface area contributed by atoms with E-state index >= 15 is 0 Å². The fourth-order valence-electron chi connectivity index (χ4n) is 2.30. The number of Topliss-reactive ketones (excluding diaryl/α,β-unsaturated/α-hetero) is 1. The number of hydrogen-bond donors (Lipinski definition) is 2. The molecule has 0 unspecified atom stereocenters. The summed E-state index contributed by atoms with van der Waals surface area (Å²) in [5, 5.41) is 19.7. The molecule has 0 aromatic heterocycles. The molecule has 5 heteroatoms. The summed E-state index contributed by atoms with van der Waals surface area (Å²) in [6.07, 6.45) is -1.05. The van der Waals surface area contributed by atoms with Crippen molar-refractivity contribution in [2.75, 3.05) is 0 Å². The second-order valence-electron chi connectivity index (χ2n) is 5.10. The average molecular weight is 270 g/mol. The topological polar surface area (TPSA) is 83.8 Å². The molecule has 4 atom stereocenters. The van der Waals surface area contributed by atoms with E-state index in [1.807, 2.05) is 0 Å². The van der Waals surface area contributed by atoms with Crippen molar-refractivity contribution in [2.24, 2.45) is 5.92 Å². The van der Waals surface area contributed by atoms with Crippen molar-refractivity contribution in [1.82, 2.24) is 0 Å². The number of ether oxygens (including phenoxy) is 1. The predicted octanol–water partition coefficient (Wildman–Crippen LogP) is 0.975. The van der Waals surface area contributed by atoms with Crippen molar-refractivity contribution in [3.8, 4) is 0 Å². The standard InChI is InChI=1S/C14H22O5/c1-4-8(2)14(18)19-13-10(6-5-9(3)15)11(16)7-12(13)17/h10-13,16-17H,2,4-7H2,1,3H3/t10-,11+,12-,13-/m0/s1. The van der Waals surface area contributed by atoms with Crippen LogP contribution in [0.25, 0.3) is 0 Å². The maximum atomic E-state index is 11.7. The van der Waals surface area contributed by atoms with Gasteiger partial charge < -0.3 is 19.7 Å². The zero-order valence-corrected chi connectivity index (χ0v) is 11.5. The molecule has 5 nitrogen and oxygen atoms in total. The molecule has 1 rings (SSSR count). The van der Waals surface area contributed by atoms with Crippen LogP contribution in [0, 0.1) is 5.92 Å². The molecule has 0 radical (unpaired) electrons. The van der Waals surface area contributed by atoms with E-state index in [2.05, 4.69) is 6.58 Å². The van der Waals surface area contributed by atoms with Crippen molar-refractivity contribution in [3.63, 3.8) is 0 Å². The van der Waals surface area contributed by atoms with Gasteiger partial charge in [0.15, 0.2) is 0 Å². The van der Waals surface area contributed by atoms with Crippen molar-refractivity contribution >= 4 is 11.8 Å². The highest BCUT2D eigenvalue weighted by molar-refractivity contribution is 5.87. The monoisotopic (exact) mass is 270 g/mol. The van der Waals surface area contributed by atoms with Gasteiger partial charge in [-0.1, -0.05) is 13.5 Å². The van der Waals surface area contributed by atoms with Crippen LogP contribution in [0.2, 0.25) is 0 Å². The molecule has 108 valence electrons. The number of esters is 1. The fraction of sp³-hybridized carbons (Fsp3) is 0.714. The Kier molecular flexibility index (Phi) is 5.69. The normalized spacial score (nSPS) is 30.1. The average Bonchev–Trinajstić information content (AvgIpc) is 2.60. The van der Waals surface area contributed by atoms with Crippen LogP contribution in [-0.2, 0) is 14.3 Å². The van der Waals surface area contributed by atoms with Crippen LogP contribution in [-0.4, -0.2) is 40.3 Å². The molecule has 2 N–H and O–H groups in total. The molecule has 0 spiro atoms. The first-order chi connectivity index (χ1) is 8.86. The molecular formula is C14H22O5. The lowest BCUT2D eigenvalue weighted by Crippen LogP contribution is -2.33. The Morgan fingerprint density at radius 1 is 1.32 bits per heavy atom. The Morgan fingerprint density at radius 3 is 2.47 bits per heavy atom. The van der Waals surface area contributed by atoms with Gasteiger partial charge >= 0.3 is 5.97 Å². The molecule has 0 aromatic rings. The highest BCUT2D eigenvalue weighted by Gasteiger charge is 2.44. The largest absolute Gasteiger partial charge is 0.456 e. The second-order valence-corrected chi connectivity index (χ2v) is 5.10. The summed E-state index contributed by atoms with van der Waals surface area (Å²) in [6.45, 7) is 6.84. The number of aliphatic hydroxyl groups excluding tert-OH is 2. The predicted molar refractivity (Wildman–Crippen MR) is 69.3 cm³/mol. The maximum absolute atomic E-state index is 11.7.